The summed E-state index contributed by atoms with van der Waals surface area (Å²) in [5.74, 6) is -0.253. The number of halogens is 2. The third kappa shape index (κ3) is 3.25. The van der Waals surface area contributed by atoms with Crippen LogP contribution >= 0.6 is 23.2 Å². The molecular weight excluding hydrogens is 271 g/mol. The minimum absolute atomic E-state index is 0.422. The highest BCUT2D eigenvalue weighted by Gasteiger charge is 2.13. The molecule has 0 bridgehead atoms. The fourth-order valence-corrected chi connectivity index (χ4v) is 1.60. The molecule has 0 heterocycles. The van der Waals surface area contributed by atoms with Crippen molar-refractivity contribution in [3.8, 4) is 16.9 Å². The number of carbonyl (C=O) groups excluding carboxylic acids is 1. The zero-order chi connectivity index (χ0) is 13.0. The summed E-state index contributed by atoms with van der Waals surface area (Å²) < 4.78 is 4.96. The Bertz CT molecular complexity index is 521. The van der Waals surface area contributed by atoms with Gasteiger partial charge in [0.15, 0.2) is 0 Å². The van der Waals surface area contributed by atoms with E-state index in [2.05, 4.69) is 0 Å². The Morgan fingerprint density at radius 1 is 0.889 bits per heavy atom. The average Bonchev–Trinajstić information content (AvgIpc) is 2.40. The van der Waals surface area contributed by atoms with Crippen molar-refractivity contribution in [3.63, 3.8) is 0 Å². The first-order valence-electron chi connectivity index (χ1n) is 5.32. The van der Waals surface area contributed by atoms with Crippen LogP contribution in [0.3, 0.4) is 0 Å². The Morgan fingerprint density at radius 3 is 2.00 bits per heavy atom. The van der Waals surface area contributed by atoms with Crippen molar-refractivity contribution >= 4 is 29.2 Å². The minimum Gasteiger partial charge on any atom is -0.425 e. The van der Waals surface area contributed by atoms with Crippen LogP contribution in [0.15, 0.2) is 54.6 Å². The summed E-state index contributed by atoms with van der Waals surface area (Å²) in [4.78, 5) is 10.0. The molecule has 2 aromatic rings. The van der Waals surface area contributed by atoms with Gasteiger partial charge in [-0.15, -0.1) is 0 Å². The van der Waals surface area contributed by atoms with Crippen molar-refractivity contribution in [2.75, 3.05) is 0 Å². The second-order valence-electron chi connectivity index (χ2n) is 3.61. The van der Waals surface area contributed by atoms with Crippen molar-refractivity contribution in [2.45, 2.75) is 4.84 Å². The first-order valence-corrected chi connectivity index (χ1v) is 6.19. The third-order valence-corrected chi connectivity index (χ3v) is 2.71. The Labute approximate surface area is 115 Å². The summed E-state index contributed by atoms with van der Waals surface area (Å²) in [5, 5.41) is 0. The Morgan fingerprint density at radius 2 is 1.44 bits per heavy atom. The Hall–Kier alpha value is -1.51. The zero-order valence-corrected chi connectivity index (χ0v) is 10.9. The number of ether oxygens (including phenoxy) is 1. The van der Waals surface area contributed by atoms with Crippen LogP contribution in [0.5, 0.6) is 5.75 Å². The molecule has 0 radical (unpaired) electrons. The van der Waals surface area contributed by atoms with Gasteiger partial charge in [0, 0.05) is 0 Å². The van der Waals surface area contributed by atoms with Crippen LogP contribution in [0.2, 0.25) is 0 Å². The minimum atomic E-state index is -1.17. The first kappa shape index (κ1) is 12.9. The Balaban J connectivity index is 2.13. The molecule has 0 aliphatic carbocycles. The van der Waals surface area contributed by atoms with Crippen molar-refractivity contribution in [1.82, 2.24) is 0 Å². The Kier molecular flexibility index (Phi) is 4.24. The van der Waals surface area contributed by atoms with E-state index < -0.39 is 10.8 Å². The fraction of sp³-hybridized carbons (Fsp3) is 0.0714. The fourth-order valence-electron chi connectivity index (χ4n) is 1.51. The van der Waals surface area contributed by atoms with Gasteiger partial charge in [0.1, 0.15) is 5.75 Å². The number of esters is 1. The summed E-state index contributed by atoms with van der Waals surface area (Å²) >= 11 is 10.8. The number of hydrogen-bond acceptors (Lipinski definition) is 2. The van der Waals surface area contributed by atoms with Crippen LogP contribution in [-0.2, 0) is 4.79 Å². The van der Waals surface area contributed by atoms with E-state index >= 15 is 0 Å². The smallest absolute Gasteiger partial charge is 0.344 e. The van der Waals surface area contributed by atoms with Gasteiger partial charge in [0.2, 0.25) is 4.84 Å². The summed E-state index contributed by atoms with van der Waals surface area (Å²) in [6, 6.07) is 17.1. The molecule has 0 aliphatic heterocycles. The van der Waals surface area contributed by atoms with Gasteiger partial charge >= 0.3 is 5.97 Å². The predicted octanol–water partition coefficient (Wildman–Crippen LogP) is 4.06. The summed E-state index contributed by atoms with van der Waals surface area (Å²) in [6.45, 7) is 0. The van der Waals surface area contributed by atoms with Gasteiger partial charge in [-0.3, -0.25) is 0 Å². The normalized spacial score (nSPS) is 10.4. The van der Waals surface area contributed by atoms with Gasteiger partial charge in [-0.25, -0.2) is 4.79 Å². The highest BCUT2D eigenvalue weighted by molar-refractivity contribution is 6.53. The molecular formula is C14H10Cl2O2. The zero-order valence-electron chi connectivity index (χ0n) is 9.35. The van der Waals surface area contributed by atoms with Crippen LogP contribution in [0.1, 0.15) is 0 Å². The highest BCUT2D eigenvalue weighted by atomic mass is 35.5. The van der Waals surface area contributed by atoms with Gasteiger partial charge in [-0.1, -0.05) is 65.7 Å². The number of rotatable bonds is 3. The highest BCUT2D eigenvalue weighted by Crippen LogP contribution is 2.22. The quantitative estimate of drug-likeness (QED) is 0.481. The molecule has 0 amide bonds. The van der Waals surface area contributed by atoms with E-state index in [1.54, 1.807) is 12.1 Å². The largest absolute Gasteiger partial charge is 0.425 e. The van der Waals surface area contributed by atoms with Crippen LogP contribution in [0, 0.1) is 0 Å². The average molecular weight is 281 g/mol. The molecule has 0 saturated heterocycles. The standard InChI is InChI=1S/C14H10Cl2O2/c15-13(16)14(17)18-12-8-6-11(7-9-12)10-4-2-1-3-5-10/h1-9,13H. The summed E-state index contributed by atoms with van der Waals surface area (Å²) in [6.07, 6.45) is 0. The molecule has 0 spiro atoms. The lowest BCUT2D eigenvalue weighted by Crippen LogP contribution is -2.15. The summed E-state index contributed by atoms with van der Waals surface area (Å²) in [7, 11) is 0. The maximum atomic E-state index is 11.2. The van der Waals surface area contributed by atoms with E-state index in [4.69, 9.17) is 27.9 Å². The molecule has 0 atom stereocenters. The van der Waals surface area contributed by atoms with Gasteiger partial charge in [0.05, 0.1) is 0 Å². The van der Waals surface area contributed by atoms with E-state index in [1.165, 1.54) is 0 Å². The lowest BCUT2D eigenvalue weighted by molar-refractivity contribution is -0.132. The molecule has 4 heteroatoms. The molecule has 0 fully saturated rings. The van der Waals surface area contributed by atoms with Crippen molar-refractivity contribution in [3.05, 3.63) is 54.6 Å². The van der Waals surface area contributed by atoms with Crippen LogP contribution < -0.4 is 4.74 Å². The lowest BCUT2D eigenvalue weighted by Gasteiger charge is -2.06. The van der Waals surface area contributed by atoms with E-state index in [0.29, 0.717) is 5.75 Å². The molecule has 0 unspecified atom stereocenters. The number of alkyl halides is 2. The van der Waals surface area contributed by atoms with E-state index in [-0.39, 0.29) is 0 Å². The SMILES string of the molecule is O=C(Oc1ccc(-c2ccccc2)cc1)C(Cl)Cl. The molecule has 0 aromatic heterocycles. The summed E-state index contributed by atoms with van der Waals surface area (Å²) in [5.41, 5.74) is 2.15. The van der Waals surface area contributed by atoms with Crippen LogP contribution in [0.25, 0.3) is 11.1 Å². The maximum Gasteiger partial charge on any atom is 0.344 e. The van der Waals surface area contributed by atoms with Crippen molar-refractivity contribution in [2.24, 2.45) is 0 Å². The number of benzene rings is 2. The van der Waals surface area contributed by atoms with Gasteiger partial charge in [-0.2, -0.15) is 0 Å². The van der Waals surface area contributed by atoms with Crippen LogP contribution in [0.4, 0.5) is 0 Å². The molecule has 18 heavy (non-hydrogen) atoms. The molecule has 92 valence electrons. The maximum absolute atomic E-state index is 11.2. The van der Waals surface area contributed by atoms with E-state index in [0.717, 1.165) is 11.1 Å². The lowest BCUT2D eigenvalue weighted by atomic mass is 10.1. The molecule has 2 nitrogen and oxygen atoms in total. The number of hydrogen-bond donors (Lipinski definition) is 0. The van der Waals surface area contributed by atoms with E-state index in [9.17, 15) is 4.79 Å². The molecule has 2 aromatic carbocycles. The number of carbonyl (C=O) groups is 1. The van der Waals surface area contributed by atoms with E-state index in [1.807, 2.05) is 42.5 Å². The molecule has 0 saturated carbocycles. The molecule has 0 N–H and O–H groups in total. The predicted molar refractivity (Wildman–Crippen MR) is 73.0 cm³/mol. The third-order valence-electron chi connectivity index (χ3n) is 2.36. The first-order chi connectivity index (χ1) is 8.66. The monoisotopic (exact) mass is 280 g/mol. The van der Waals surface area contributed by atoms with Crippen molar-refractivity contribution in [1.29, 1.82) is 0 Å². The molecule has 2 rings (SSSR count). The second-order valence-corrected chi connectivity index (χ2v) is 4.71. The second kappa shape index (κ2) is 5.89. The van der Waals surface area contributed by atoms with Crippen molar-refractivity contribution < 1.29 is 9.53 Å². The van der Waals surface area contributed by atoms with Gasteiger partial charge in [0.25, 0.3) is 0 Å². The van der Waals surface area contributed by atoms with Gasteiger partial charge < -0.3 is 4.74 Å². The van der Waals surface area contributed by atoms with Gasteiger partial charge in [-0.05, 0) is 23.3 Å². The van der Waals surface area contributed by atoms with Crippen LogP contribution in [-0.4, -0.2) is 10.8 Å². The topological polar surface area (TPSA) is 26.3 Å². The molecule has 0 aliphatic rings.